The third-order valence-electron chi connectivity index (χ3n) is 2.71. The van der Waals surface area contributed by atoms with E-state index < -0.39 is 5.82 Å². The Labute approximate surface area is 142 Å². The van der Waals surface area contributed by atoms with Crippen LogP contribution in [0, 0.1) is 17.1 Å². The zero-order chi connectivity index (χ0) is 16.7. The van der Waals surface area contributed by atoms with Gasteiger partial charge in [-0.3, -0.25) is 4.79 Å². The second-order valence-corrected chi connectivity index (χ2v) is 5.78. The second kappa shape index (κ2) is 8.42. The molecule has 0 heterocycles. The number of para-hydroxylation sites is 1. The molecule has 23 heavy (non-hydrogen) atoms. The number of carbonyl (C=O) groups excluding carboxylic acids is 1. The molecule has 0 aliphatic rings. The van der Waals surface area contributed by atoms with Gasteiger partial charge in [-0.15, -0.1) is 11.8 Å². The molecular weight excluding hydrogens is 339 g/mol. The van der Waals surface area contributed by atoms with E-state index in [0.29, 0.717) is 5.69 Å². The summed E-state index contributed by atoms with van der Waals surface area (Å²) in [6.45, 7) is -0.261. The van der Waals surface area contributed by atoms with E-state index in [0.717, 1.165) is 11.0 Å². The lowest BCUT2D eigenvalue weighted by atomic mass is 10.3. The first-order chi connectivity index (χ1) is 11.1. The summed E-state index contributed by atoms with van der Waals surface area (Å²) in [6, 6.07) is 12.9. The predicted octanol–water partition coefficient (Wildman–Crippen LogP) is 4.11. The van der Waals surface area contributed by atoms with Gasteiger partial charge in [0.05, 0.1) is 22.5 Å². The molecule has 0 fully saturated rings. The predicted molar refractivity (Wildman–Crippen MR) is 88.3 cm³/mol. The summed E-state index contributed by atoms with van der Waals surface area (Å²) >= 11 is 7.15. The van der Waals surface area contributed by atoms with Crippen LogP contribution in [0.15, 0.2) is 47.4 Å². The lowest BCUT2D eigenvalue weighted by molar-refractivity contribution is -0.118. The van der Waals surface area contributed by atoms with Crippen LogP contribution >= 0.6 is 23.4 Å². The van der Waals surface area contributed by atoms with Gasteiger partial charge in [-0.2, -0.15) is 5.26 Å². The van der Waals surface area contributed by atoms with Crippen molar-refractivity contribution in [3.8, 4) is 11.8 Å². The van der Waals surface area contributed by atoms with Gasteiger partial charge in [0.25, 0.3) is 5.91 Å². The maximum absolute atomic E-state index is 12.9. The molecule has 0 saturated heterocycles. The SMILES string of the molecule is N#CCSc1ccccc1NC(=O)COc1ccc(F)cc1Cl. The molecule has 0 atom stereocenters. The van der Waals surface area contributed by atoms with Gasteiger partial charge in [0.2, 0.25) is 0 Å². The van der Waals surface area contributed by atoms with E-state index in [2.05, 4.69) is 5.32 Å². The highest BCUT2D eigenvalue weighted by atomic mass is 35.5. The molecule has 0 aromatic heterocycles. The van der Waals surface area contributed by atoms with Crippen LogP contribution in [0.1, 0.15) is 0 Å². The van der Waals surface area contributed by atoms with Crippen LogP contribution < -0.4 is 10.1 Å². The summed E-state index contributed by atoms with van der Waals surface area (Å²) in [5.41, 5.74) is 0.603. The Hall–Kier alpha value is -2.23. The third kappa shape index (κ3) is 5.16. The number of ether oxygens (including phenoxy) is 1. The molecule has 0 radical (unpaired) electrons. The number of hydrogen-bond donors (Lipinski definition) is 1. The minimum atomic E-state index is -0.477. The Kier molecular flexibility index (Phi) is 6.27. The van der Waals surface area contributed by atoms with Crippen molar-refractivity contribution < 1.29 is 13.9 Å². The van der Waals surface area contributed by atoms with Gasteiger partial charge < -0.3 is 10.1 Å². The average molecular weight is 351 g/mol. The first kappa shape index (κ1) is 17.1. The van der Waals surface area contributed by atoms with E-state index in [9.17, 15) is 9.18 Å². The van der Waals surface area contributed by atoms with Crippen LogP contribution in [0.5, 0.6) is 5.75 Å². The lowest BCUT2D eigenvalue weighted by Gasteiger charge is -2.11. The van der Waals surface area contributed by atoms with Crippen molar-refractivity contribution in [3.63, 3.8) is 0 Å². The van der Waals surface area contributed by atoms with E-state index in [4.69, 9.17) is 21.6 Å². The quantitative estimate of drug-likeness (QED) is 0.796. The number of anilines is 1. The molecule has 1 N–H and O–H groups in total. The molecule has 1 amide bonds. The number of carbonyl (C=O) groups is 1. The molecule has 2 aromatic carbocycles. The molecule has 0 saturated carbocycles. The highest BCUT2D eigenvalue weighted by molar-refractivity contribution is 7.99. The number of hydrogen-bond acceptors (Lipinski definition) is 4. The Morgan fingerprint density at radius 2 is 2.13 bits per heavy atom. The van der Waals surface area contributed by atoms with Gasteiger partial charge in [0.1, 0.15) is 11.6 Å². The average Bonchev–Trinajstić information content (AvgIpc) is 2.53. The zero-order valence-electron chi connectivity index (χ0n) is 11.9. The standard InChI is InChI=1S/C16H12ClFN2O2S/c17-12-9-11(18)5-6-14(12)22-10-16(21)20-13-3-1-2-4-15(13)23-8-7-19/h1-6,9H,8,10H2,(H,20,21). The van der Waals surface area contributed by atoms with Gasteiger partial charge >= 0.3 is 0 Å². The topological polar surface area (TPSA) is 62.1 Å². The number of nitrogens with zero attached hydrogens (tertiary/aromatic N) is 1. The van der Waals surface area contributed by atoms with Crippen LogP contribution in [0.3, 0.4) is 0 Å². The zero-order valence-corrected chi connectivity index (χ0v) is 13.5. The number of nitriles is 1. The van der Waals surface area contributed by atoms with E-state index in [1.54, 1.807) is 12.1 Å². The molecule has 2 aromatic rings. The van der Waals surface area contributed by atoms with Gasteiger partial charge in [-0.05, 0) is 30.3 Å². The van der Waals surface area contributed by atoms with Crippen molar-refractivity contribution >= 4 is 35.0 Å². The molecule has 2 rings (SSSR count). The highest BCUT2D eigenvalue weighted by Gasteiger charge is 2.09. The van der Waals surface area contributed by atoms with E-state index in [1.165, 1.54) is 23.9 Å². The summed E-state index contributed by atoms with van der Waals surface area (Å²) in [5.74, 6) is -0.338. The van der Waals surface area contributed by atoms with Crippen LogP contribution in [-0.2, 0) is 4.79 Å². The Balaban J connectivity index is 1.96. The number of halogens is 2. The van der Waals surface area contributed by atoms with Gasteiger partial charge in [-0.1, -0.05) is 23.7 Å². The highest BCUT2D eigenvalue weighted by Crippen LogP contribution is 2.27. The van der Waals surface area contributed by atoms with Crippen molar-refractivity contribution in [2.45, 2.75) is 4.90 Å². The Morgan fingerprint density at radius 3 is 2.87 bits per heavy atom. The van der Waals surface area contributed by atoms with E-state index in [1.807, 2.05) is 18.2 Å². The molecule has 0 bridgehead atoms. The maximum atomic E-state index is 12.9. The van der Waals surface area contributed by atoms with E-state index in [-0.39, 0.29) is 29.0 Å². The first-order valence-corrected chi connectivity index (χ1v) is 7.93. The monoisotopic (exact) mass is 350 g/mol. The van der Waals surface area contributed by atoms with E-state index >= 15 is 0 Å². The van der Waals surface area contributed by atoms with Gasteiger partial charge in [0.15, 0.2) is 6.61 Å². The summed E-state index contributed by atoms with van der Waals surface area (Å²) in [5, 5.41) is 11.4. The molecule has 7 heteroatoms. The summed E-state index contributed by atoms with van der Waals surface area (Å²) in [6.07, 6.45) is 0. The number of thioether (sulfide) groups is 1. The second-order valence-electron chi connectivity index (χ2n) is 4.35. The summed E-state index contributed by atoms with van der Waals surface area (Å²) in [7, 11) is 0. The van der Waals surface area contributed by atoms with Crippen molar-refractivity contribution in [1.82, 2.24) is 0 Å². The summed E-state index contributed by atoms with van der Waals surface area (Å²) in [4.78, 5) is 12.8. The van der Waals surface area contributed by atoms with Crippen molar-refractivity contribution in [2.24, 2.45) is 0 Å². The first-order valence-electron chi connectivity index (χ1n) is 6.56. The number of rotatable bonds is 6. The van der Waals surface area contributed by atoms with Crippen LogP contribution in [0.2, 0.25) is 5.02 Å². The third-order valence-corrected chi connectivity index (χ3v) is 3.94. The number of nitrogens with one attached hydrogen (secondary N) is 1. The van der Waals surface area contributed by atoms with Crippen molar-refractivity contribution in [2.75, 3.05) is 17.7 Å². The molecule has 0 unspecified atom stereocenters. The molecule has 0 aliphatic heterocycles. The Bertz CT molecular complexity index is 749. The van der Waals surface area contributed by atoms with Gasteiger partial charge in [0, 0.05) is 4.90 Å². The molecule has 0 aliphatic carbocycles. The van der Waals surface area contributed by atoms with Crippen molar-refractivity contribution in [1.29, 1.82) is 5.26 Å². The molecular formula is C16H12ClFN2O2S. The minimum absolute atomic E-state index is 0.0998. The molecule has 118 valence electrons. The van der Waals surface area contributed by atoms with Crippen LogP contribution in [-0.4, -0.2) is 18.3 Å². The largest absolute Gasteiger partial charge is 0.482 e. The molecule has 4 nitrogen and oxygen atoms in total. The fourth-order valence-corrected chi connectivity index (χ4v) is 2.62. The molecule has 0 spiro atoms. The number of benzene rings is 2. The van der Waals surface area contributed by atoms with Crippen LogP contribution in [0.25, 0.3) is 0 Å². The Morgan fingerprint density at radius 1 is 1.35 bits per heavy atom. The maximum Gasteiger partial charge on any atom is 0.262 e. The normalized spacial score (nSPS) is 9.96. The van der Waals surface area contributed by atoms with Crippen molar-refractivity contribution in [3.05, 3.63) is 53.3 Å². The fraction of sp³-hybridized carbons (Fsp3) is 0.125. The summed E-state index contributed by atoms with van der Waals surface area (Å²) < 4.78 is 18.2. The minimum Gasteiger partial charge on any atom is -0.482 e. The lowest BCUT2D eigenvalue weighted by Crippen LogP contribution is -2.20. The van der Waals surface area contributed by atoms with Gasteiger partial charge in [-0.25, -0.2) is 4.39 Å². The number of amides is 1. The fourth-order valence-electron chi connectivity index (χ4n) is 1.73. The van der Waals surface area contributed by atoms with Crippen LogP contribution in [0.4, 0.5) is 10.1 Å². The smallest absolute Gasteiger partial charge is 0.262 e.